The lowest BCUT2D eigenvalue weighted by Gasteiger charge is -2.13. The summed E-state index contributed by atoms with van der Waals surface area (Å²) in [7, 11) is 1.40. The molecular formula is C13H10F5N3. The van der Waals surface area contributed by atoms with Gasteiger partial charge in [-0.15, -0.1) is 0 Å². The number of nitrogens with zero attached hydrogens (tertiary/aromatic N) is 1. The fourth-order valence-corrected chi connectivity index (χ4v) is 1.62. The molecule has 21 heavy (non-hydrogen) atoms. The average molecular weight is 303 g/mol. The summed E-state index contributed by atoms with van der Waals surface area (Å²) in [6.07, 6.45) is -4.58. The summed E-state index contributed by atoms with van der Waals surface area (Å²) < 4.78 is 64.8. The van der Waals surface area contributed by atoms with Crippen molar-refractivity contribution in [2.45, 2.75) is 6.18 Å². The van der Waals surface area contributed by atoms with E-state index in [4.69, 9.17) is 0 Å². The van der Waals surface area contributed by atoms with Gasteiger partial charge < -0.3 is 10.6 Å². The van der Waals surface area contributed by atoms with E-state index in [2.05, 4.69) is 15.6 Å². The van der Waals surface area contributed by atoms with Crippen molar-refractivity contribution in [2.24, 2.45) is 0 Å². The van der Waals surface area contributed by atoms with E-state index in [1.165, 1.54) is 19.2 Å². The van der Waals surface area contributed by atoms with Gasteiger partial charge in [0, 0.05) is 7.05 Å². The standard InChI is InChI=1S/C13H10F5N3/c1-19-10-5-7(13(16,17)18)6-11(21-10)20-9-4-2-3-8(14)12(9)15/h2-6H,1H3,(H2,19,20,21). The van der Waals surface area contributed by atoms with Crippen LogP contribution in [-0.4, -0.2) is 12.0 Å². The fourth-order valence-electron chi connectivity index (χ4n) is 1.62. The van der Waals surface area contributed by atoms with Crippen molar-refractivity contribution in [1.82, 2.24) is 4.98 Å². The van der Waals surface area contributed by atoms with Gasteiger partial charge in [0.2, 0.25) is 0 Å². The minimum Gasteiger partial charge on any atom is -0.373 e. The third kappa shape index (κ3) is 3.39. The van der Waals surface area contributed by atoms with Gasteiger partial charge in [0.05, 0.1) is 11.3 Å². The molecule has 0 saturated carbocycles. The highest BCUT2D eigenvalue weighted by atomic mass is 19.4. The summed E-state index contributed by atoms with van der Waals surface area (Å²) >= 11 is 0. The largest absolute Gasteiger partial charge is 0.416 e. The molecule has 2 rings (SSSR count). The van der Waals surface area contributed by atoms with Crippen LogP contribution in [0, 0.1) is 11.6 Å². The number of aromatic nitrogens is 1. The molecule has 0 aliphatic heterocycles. The van der Waals surface area contributed by atoms with Crippen LogP contribution in [0.4, 0.5) is 39.3 Å². The van der Waals surface area contributed by atoms with Gasteiger partial charge in [0.1, 0.15) is 11.6 Å². The van der Waals surface area contributed by atoms with Crippen molar-refractivity contribution >= 4 is 17.3 Å². The lowest BCUT2D eigenvalue weighted by Crippen LogP contribution is -2.09. The Kier molecular flexibility index (Phi) is 3.97. The number of nitrogens with one attached hydrogen (secondary N) is 2. The van der Waals surface area contributed by atoms with Crippen molar-refractivity contribution in [3.8, 4) is 0 Å². The number of alkyl halides is 3. The maximum absolute atomic E-state index is 13.5. The summed E-state index contributed by atoms with van der Waals surface area (Å²) in [4.78, 5) is 3.82. The molecule has 1 aromatic carbocycles. The Morgan fingerprint density at radius 2 is 1.71 bits per heavy atom. The van der Waals surface area contributed by atoms with Crippen molar-refractivity contribution in [1.29, 1.82) is 0 Å². The Labute approximate surface area is 116 Å². The highest BCUT2D eigenvalue weighted by Crippen LogP contribution is 2.33. The first-order valence-electron chi connectivity index (χ1n) is 5.79. The molecule has 0 fully saturated rings. The molecule has 8 heteroatoms. The Bertz CT molecular complexity index is 655. The Morgan fingerprint density at radius 1 is 1.05 bits per heavy atom. The number of anilines is 3. The van der Waals surface area contributed by atoms with Crippen LogP contribution >= 0.6 is 0 Å². The van der Waals surface area contributed by atoms with Crippen molar-refractivity contribution in [3.05, 3.63) is 47.5 Å². The SMILES string of the molecule is CNc1cc(C(F)(F)F)cc(Nc2cccc(F)c2F)n1. The van der Waals surface area contributed by atoms with Gasteiger partial charge in [-0.25, -0.2) is 13.8 Å². The van der Waals surface area contributed by atoms with Crippen LogP contribution in [0.2, 0.25) is 0 Å². The van der Waals surface area contributed by atoms with Gasteiger partial charge >= 0.3 is 6.18 Å². The molecule has 0 atom stereocenters. The van der Waals surface area contributed by atoms with E-state index >= 15 is 0 Å². The number of pyridine rings is 1. The molecular weight excluding hydrogens is 293 g/mol. The van der Waals surface area contributed by atoms with Crippen LogP contribution in [0.15, 0.2) is 30.3 Å². The van der Waals surface area contributed by atoms with Gasteiger partial charge in [-0.2, -0.15) is 13.2 Å². The van der Waals surface area contributed by atoms with Crippen LogP contribution < -0.4 is 10.6 Å². The van der Waals surface area contributed by atoms with E-state index in [1.807, 2.05) is 0 Å². The number of rotatable bonds is 3. The second-order valence-electron chi connectivity index (χ2n) is 4.10. The monoisotopic (exact) mass is 303 g/mol. The normalized spacial score (nSPS) is 11.3. The van der Waals surface area contributed by atoms with Gasteiger partial charge in [-0.05, 0) is 24.3 Å². The molecule has 0 saturated heterocycles. The molecule has 0 unspecified atom stereocenters. The minimum atomic E-state index is -4.58. The van der Waals surface area contributed by atoms with E-state index < -0.39 is 23.4 Å². The first kappa shape index (κ1) is 15.0. The zero-order valence-electron chi connectivity index (χ0n) is 10.7. The van der Waals surface area contributed by atoms with Crippen molar-refractivity contribution < 1.29 is 22.0 Å². The summed E-state index contributed by atoms with van der Waals surface area (Å²) in [6, 6.07) is 4.85. The van der Waals surface area contributed by atoms with E-state index in [9.17, 15) is 22.0 Å². The fraction of sp³-hybridized carbons (Fsp3) is 0.154. The van der Waals surface area contributed by atoms with Gasteiger partial charge in [0.15, 0.2) is 11.6 Å². The molecule has 1 aromatic heterocycles. The second-order valence-corrected chi connectivity index (χ2v) is 4.10. The molecule has 2 N–H and O–H groups in total. The first-order chi connectivity index (χ1) is 9.81. The van der Waals surface area contributed by atoms with Crippen molar-refractivity contribution in [2.75, 3.05) is 17.7 Å². The summed E-state index contributed by atoms with van der Waals surface area (Å²) in [6.45, 7) is 0. The number of benzene rings is 1. The van der Waals surface area contributed by atoms with Crippen LogP contribution in [0.1, 0.15) is 5.56 Å². The van der Waals surface area contributed by atoms with Crippen LogP contribution in [0.3, 0.4) is 0 Å². The molecule has 2 aromatic rings. The maximum atomic E-state index is 13.5. The predicted molar refractivity (Wildman–Crippen MR) is 68.4 cm³/mol. The number of hydrogen-bond donors (Lipinski definition) is 2. The van der Waals surface area contributed by atoms with Gasteiger partial charge in [-0.1, -0.05) is 6.07 Å². The Morgan fingerprint density at radius 3 is 2.33 bits per heavy atom. The first-order valence-corrected chi connectivity index (χ1v) is 5.79. The van der Waals surface area contributed by atoms with Crippen LogP contribution in [-0.2, 0) is 6.18 Å². The Hall–Kier alpha value is -2.38. The van der Waals surface area contributed by atoms with Gasteiger partial charge in [-0.3, -0.25) is 0 Å². The Balaban J connectivity index is 2.42. The topological polar surface area (TPSA) is 37.0 Å². The molecule has 0 bridgehead atoms. The minimum absolute atomic E-state index is 0.0517. The van der Waals surface area contributed by atoms with E-state index in [-0.39, 0.29) is 17.3 Å². The van der Waals surface area contributed by atoms with Gasteiger partial charge in [0.25, 0.3) is 0 Å². The molecule has 1 heterocycles. The van der Waals surface area contributed by atoms with E-state index in [1.54, 1.807) is 0 Å². The van der Waals surface area contributed by atoms with Crippen LogP contribution in [0.25, 0.3) is 0 Å². The lowest BCUT2D eigenvalue weighted by atomic mass is 10.2. The summed E-state index contributed by atoms with van der Waals surface area (Å²) in [5.41, 5.74) is -1.26. The highest BCUT2D eigenvalue weighted by Gasteiger charge is 2.31. The van der Waals surface area contributed by atoms with Crippen LogP contribution in [0.5, 0.6) is 0 Å². The van der Waals surface area contributed by atoms with Crippen molar-refractivity contribution in [3.63, 3.8) is 0 Å². The average Bonchev–Trinajstić information content (AvgIpc) is 2.42. The zero-order valence-corrected chi connectivity index (χ0v) is 10.7. The molecule has 0 amide bonds. The molecule has 0 aliphatic carbocycles. The van der Waals surface area contributed by atoms with E-state index in [0.717, 1.165) is 12.1 Å². The molecule has 0 aliphatic rings. The van der Waals surface area contributed by atoms with E-state index in [0.29, 0.717) is 6.07 Å². The molecule has 0 radical (unpaired) electrons. The highest BCUT2D eigenvalue weighted by molar-refractivity contribution is 5.60. The zero-order chi connectivity index (χ0) is 15.6. The molecule has 3 nitrogen and oxygen atoms in total. The maximum Gasteiger partial charge on any atom is 0.416 e. The summed E-state index contributed by atoms with van der Waals surface area (Å²) in [5.74, 6) is -2.61. The molecule has 0 spiro atoms. The molecule has 112 valence electrons. The quantitative estimate of drug-likeness (QED) is 0.836. The summed E-state index contributed by atoms with van der Waals surface area (Å²) in [5, 5.41) is 4.81. The third-order valence-electron chi connectivity index (χ3n) is 2.62. The second kappa shape index (κ2) is 5.55. The number of halogens is 5. The number of hydrogen-bond acceptors (Lipinski definition) is 3. The third-order valence-corrected chi connectivity index (χ3v) is 2.62. The predicted octanol–water partition coefficient (Wildman–Crippen LogP) is 4.16. The smallest absolute Gasteiger partial charge is 0.373 e. The lowest BCUT2D eigenvalue weighted by molar-refractivity contribution is -0.137.